The zero-order valence-corrected chi connectivity index (χ0v) is 11.4. The van der Waals surface area contributed by atoms with Crippen molar-refractivity contribution in [2.75, 3.05) is 6.61 Å². The fraction of sp³-hybridized carbons (Fsp3) is 0.235. The van der Waals surface area contributed by atoms with Crippen molar-refractivity contribution in [1.29, 1.82) is 0 Å². The maximum atomic E-state index is 12.8. The number of rotatable bonds is 6. The summed E-state index contributed by atoms with van der Waals surface area (Å²) in [5.41, 5.74) is 1.60. The fourth-order valence-corrected chi connectivity index (χ4v) is 1.93. The second kappa shape index (κ2) is 6.96. The van der Waals surface area contributed by atoms with E-state index in [4.69, 9.17) is 4.74 Å². The van der Waals surface area contributed by atoms with Gasteiger partial charge in [0.2, 0.25) is 0 Å². The van der Waals surface area contributed by atoms with Crippen LogP contribution in [0.3, 0.4) is 0 Å². The molecule has 1 unspecified atom stereocenters. The maximum absolute atomic E-state index is 12.8. The molecule has 0 amide bonds. The van der Waals surface area contributed by atoms with Crippen LogP contribution in [-0.4, -0.2) is 12.4 Å². The van der Waals surface area contributed by atoms with Crippen molar-refractivity contribution in [1.82, 2.24) is 0 Å². The van der Waals surface area contributed by atoms with Crippen LogP contribution in [0.25, 0.3) is 0 Å². The number of halogens is 1. The Morgan fingerprint density at radius 1 is 1.10 bits per heavy atom. The van der Waals surface area contributed by atoms with Crippen LogP contribution in [0.4, 0.5) is 4.39 Å². The first-order chi connectivity index (χ1) is 9.66. The van der Waals surface area contributed by atoms with E-state index in [9.17, 15) is 9.18 Å². The van der Waals surface area contributed by atoms with Gasteiger partial charge in [0.1, 0.15) is 5.82 Å². The number of Topliss-reactive ketones (excluding diaryl/α,β-unsaturated/α-hetero) is 1. The predicted octanol–water partition coefficient (Wildman–Crippen LogP) is 4.18. The molecule has 0 fully saturated rings. The highest BCUT2D eigenvalue weighted by atomic mass is 19.1. The number of hydrogen-bond donors (Lipinski definition) is 0. The molecule has 0 aliphatic rings. The molecular formula is C17H17FO2. The van der Waals surface area contributed by atoms with Gasteiger partial charge in [0, 0.05) is 12.0 Å². The number of carbonyl (C=O) groups excluding carboxylic acids is 1. The average Bonchev–Trinajstić information content (AvgIpc) is 2.48. The first kappa shape index (κ1) is 14.4. The van der Waals surface area contributed by atoms with Crippen molar-refractivity contribution >= 4 is 5.78 Å². The Bertz CT molecular complexity index is 549. The van der Waals surface area contributed by atoms with Crippen molar-refractivity contribution in [3.63, 3.8) is 0 Å². The second-order valence-corrected chi connectivity index (χ2v) is 4.60. The highest BCUT2D eigenvalue weighted by Crippen LogP contribution is 2.16. The van der Waals surface area contributed by atoms with Crippen LogP contribution in [0.5, 0.6) is 0 Å². The molecule has 0 bridgehead atoms. The van der Waals surface area contributed by atoms with Gasteiger partial charge in [-0.1, -0.05) is 30.3 Å². The molecule has 0 heterocycles. The molecule has 2 aromatic rings. The van der Waals surface area contributed by atoms with E-state index >= 15 is 0 Å². The smallest absolute Gasteiger partial charge is 0.165 e. The highest BCUT2D eigenvalue weighted by molar-refractivity contribution is 5.96. The lowest BCUT2D eigenvalue weighted by molar-refractivity contribution is 0.0586. The summed E-state index contributed by atoms with van der Waals surface area (Å²) in [4.78, 5) is 11.9. The Hall–Kier alpha value is -2.00. The minimum absolute atomic E-state index is 0.0368. The minimum atomic E-state index is -0.338. The lowest BCUT2D eigenvalue weighted by atomic mass is 10.1. The van der Waals surface area contributed by atoms with Gasteiger partial charge in [0.25, 0.3) is 0 Å². The quantitative estimate of drug-likeness (QED) is 0.737. The van der Waals surface area contributed by atoms with Gasteiger partial charge in [-0.05, 0) is 36.8 Å². The van der Waals surface area contributed by atoms with Crippen LogP contribution in [0.15, 0.2) is 54.6 Å². The molecule has 20 heavy (non-hydrogen) atoms. The molecule has 0 aliphatic carbocycles. The molecular weight excluding hydrogens is 255 g/mol. The summed E-state index contributed by atoms with van der Waals surface area (Å²) in [5.74, 6) is -0.374. The van der Waals surface area contributed by atoms with E-state index in [0.29, 0.717) is 18.6 Å². The largest absolute Gasteiger partial charge is 0.373 e. The molecule has 0 aromatic heterocycles. The van der Waals surface area contributed by atoms with Crippen molar-refractivity contribution < 1.29 is 13.9 Å². The zero-order chi connectivity index (χ0) is 14.4. The molecule has 104 valence electrons. The summed E-state index contributed by atoms with van der Waals surface area (Å²) in [7, 11) is 0. The maximum Gasteiger partial charge on any atom is 0.165 e. The van der Waals surface area contributed by atoms with Crippen LogP contribution in [-0.2, 0) is 4.74 Å². The molecule has 0 saturated heterocycles. The number of ether oxygens (including phenoxy) is 1. The molecule has 2 aromatic carbocycles. The molecule has 1 atom stereocenters. The van der Waals surface area contributed by atoms with Gasteiger partial charge in [-0.25, -0.2) is 4.39 Å². The lowest BCUT2D eigenvalue weighted by Gasteiger charge is -2.13. The molecule has 2 rings (SSSR count). The Morgan fingerprint density at radius 3 is 2.40 bits per heavy atom. The highest BCUT2D eigenvalue weighted by Gasteiger charge is 2.09. The first-order valence-electron chi connectivity index (χ1n) is 6.62. The summed E-state index contributed by atoms with van der Waals surface area (Å²) in [6.07, 6.45) is 0.250. The van der Waals surface area contributed by atoms with Crippen LogP contribution in [0, 0.1) is 5.82 Å². The van der Waals surface area contributed by atoms with E-state index in [1.807, 2.05) is 37.3 Å². The van der Waals surface area contributed by atoms with Gasteiger partial charge >= 0.3 is 0 Å². The van der Waals surface area contributed by atoms with Gasteiger partial charge < -0.3 is 4.74 Å². The second-order valence-electron chi connectivity index (χ2n) is 4.60. The summed E-state index contributed by atoms with van der Waals surface area (Å²) < 4.78 is 18.4. The predicted molar refractivity (Wildman–Crippen MR) is 76.2 cm³/mol. The summed E-state index contributed by atoms with van der Waals surface area (Å²) in [6, 6.07) is 15.4. The van der Waals surface area contributed by atoms with E-state index in [1.54, 1.807) is 0 Å². The summed E-state index contributed by atoms with van der Waals surface area (Å²) in [5, 5.41) is 0. The van der Waals surface area contributed by atoms with Gasteiger partial charge in [-0.2, -0.15) is 0 Å². The van der Waals surface area contributed by atoms with E-state index in [0.717, 1.165) is 5.56 Å². The summed E-state index contributed by atoms with van der Waals surface area (Å²) >= 11 is 0. The van der Waals surface area contributed by atoms with E-state index in [1.165, 1.54) is 24.3 Å². The molecule has 0 saturated carbocycles. The van der Waals surface area contributed by atoms with Crippen LogP contribution >= 0.6 is 0 Å². The van der Waals surface area contributed by atoms with E-state index < -0.39 is 0 Å². The van der Waals surface area contributed by atoms with Crippen molar-refractivity contribution in [3.8, 4) is 0 Å². The monoisotopic (exact) mass is 272 g/mol. The number of hydrogen-bond acceptors (Lipinski definition) is 2. The Labute approximate surface area is 118 Å². The third kappa shape index (κ3) is 4.00. The third-order valence-corrected chi connectivity index (χ3v) is 3.13. The third-order valence-electron chi connectivity index (χ3n) is 3.13. The van der Waals surface area contributed by atoms with Crippen LogP contribution in [0.1, 0.15) is 35.4 Å². The molecule has 0 spiro atoms. The van der Waals surface area contributed by atoms with Gasteiger partial charge in [-0.15, -0.1) is 0 Å². The summed E-state index contributed by atoms with van der Waals surface area (Å²) in [6.45, 7) is 2.31. The molecule has 2 nitrogen and oxygen atoms in total. The number of carbonyl (C=O) groups is 1. The molecule has 0 N–H and O–H groups in total. The Balaban J connectivity index is 1.81. The van der Waals surface area contributed by atoms with E-state index in [2.05, 4.69) is 0 Å². The van der Waals surface area contributed by atoms with Crippen LogP contribution in [0.2, 0.25) is 0 Å². The van der Waals surface area contributed by atoms with Crippen molar-refractivity contribution in [2.24, 2.45) is 0 Å². The first-order valence-corrected chi connectivity index (χ1v) is 6.62. The number of benzene rings is 2. The van der Waals surface area contributed by atoms with E-state index in [-0.39, 0.29) is 17.7 Å². The topological polar surface area (TPSA) is 26.3 Å². The lowest BCUT2D eigenvalue weighted by Crippen LogP contribution is -2.07. The number of ketones is 1. The fourth-order valence-electron chi connectivity index (χ4n) is 1.93. The standard InChI is InChI=1S/C17H17FO2/c1-13(14-5-3-2-4-6-14)20-12-11-17(19)15-7-9-16(18)10-8-15/h2-10,13H,11-12H2,1H3. The molecule has 3 heteroatoms. The van der Waals surface area contributed by atoms with Crippen molar-refractivity contribution in [3.05, 3.63) is 71.5 Å². The normalized spacial score (nSPS) is 12.1. The molecule has 0 radical (unpaired) electrons. The SMILES string of the molecule is CC(OCCC(=O)c1ccc(F)cc1)c1ccccc1. The Kier molecular flexibility index (Phi) is 5.02. The van der Waals surface area contributed by atoms with Crippen molar-refractivity contribution in [2.45, 2.75) is 19.4 Å². The van der Waals surface area contributed by atoms with Crippen LogP contribution < -0.4 is 0 Å². The minimum Gasteiger partial charge on any atom is -0.373 e. The average molecular weight is 272 g/mol. The Morgan fingerprint density at radius 2 is 1.75 bits per heavy atom. The van der Waals surface area contributed by atoms with Gasteiger partial charge in [0.05, 0.1) is 12.7 Å². The molecule has 0 aliphatic heterocycles. The van der Waals surface area contributed by atoms with Gasteiger partial charge in [0.15, 0.2) is 5.78 Å². The van der Waals surface area contributed by atoms with Gasteiger partial charge in [-0.3, -0.25) is 4.79 Å². The zero-order valence-electron chi connectivity index (χ0n) is 11.4.